The van der Waals surface area contributed by atoms with Crippen molar-refractivity contribution in [3.63, 3.8) is 0 Å². The molecule has 4 nitrogen and oxygen atoms in total. The molecule has 0 aliphatic carbocycles. The number of carbonyl (C=O) groups is 1. The number of thiocarbonyl (C=S) groups is 1. The second kappa shape index (κ2) is 8.10. The number of amides is 1. The first kappa shape index (κ1) is 15.9. The normalized spacial score (nSPS) is 16.8. The van der Waals surface area contributed by atoms with Crippen LogP contribution in [0.2, 0.25) is 0 Å². The number of benzene rings is 1. The standard InChI is InChI=1S/C16H23N3OS/c17-16(21)13-6-8-14(9-7-13)18-15(20)12-19-10-4-2-1-3-5-11-19/h6-9H,1-5,10-12H2,(H2,17,21)(H,18,20). The molecule has 1 heterocycles. The number of nitrogens with one attached hydrogen (secondary N) is 1. The first-order valence-corrected chi connectivity index (χ1v) is 7.98. The van der Waals surface area contributed by atoms with Crippen molar-refractivity contribution < 1.29 is 4.79 Å². The van der Waals surface area contributed by atoms with Crippen LogP contribution in [-0.2, 0) is 4.79 Å². The Balaban J connectivity index is 1.84. The second-order valence-corrected chi connectivity index (χ2v) is 5.97. The lowest BCUT2D eigenvalue weighted by Crippen LogP contribution is -2.35. The van der Waals surface area contributed by atoms with Gasteiger partial charge in [-0.05, 0) is 50.2 Å². The van der Waals surface area contributed by atoms with Crippen molar-refractivity contribution in [2.75, 3.05) is 25.0 Å². The van der Waals surface area contributed by atoms with Crippen LogP contribution < -0.4 is 11.1 Å². The van der Waals surface area contributed by atoms with E-state index >= 15 is 0 Å². The average molecular weight is 305 g/mol. The molecule has 1 aliphatic heterocycles. The zero-order valence-corrected chi connectivity index (χ0v) is 13.1. The van der Waals surface area contributed by atoms with Crippen molar-refractivity contribution in [3.8, 4) is 0 Å². The molecule has 2 rings (SSSR count). The number of carbonyl (C=O) groups excluding carboxylic acids is 1. The summed E-state index contributed by atoms with van der Waals surface area (Å²) in [6.45, 7) is 2.51. The Morgan fingerprint density at radius 1 is 1.10 bits per heavy atom. The number of nitrogens with two attached hydrogens (primary N) is 1. The van der Waals surface area contributed by atoms with Crippen LogP contribution in [0.1, 0.15) is 37.7 Å². The smallest absolute Gasteiger partial charge is 0.238 e. The van der Waals surface area contributed by atoms with Gasteiger partial charge in [-0.25, -0.2) is 0 Å². The highest BCUT2D eigenvalue weighted by Crippen LogP contribution is 2.12. The molecule has 1 amide bonds. The van der Waals surface area contributed by atoms with Crippen LogP contribution >= 0.6 is 12.2 Å². The number of likely N-dealkylation sites (tertiary alicyclic amines) is 1. The molecule has 0 atom stereocenters. The fourth-order valence-electron chi connectivity index (χ4n) is 2.59. The van der Waals surface area contributed by atoms with Gasteiger partial charge < -0.3 is 11.1 Å². The van der Waals surface area contributed by atoms with Gasteiger partial charge in [-0.15, -0.1) is 0 Å². The monoisotopic (exact) mass is 305 g/mol. The number of nitrogens with zero attached hydrogens (tertiary/aromatic N) is 1. The molecule has 5 heteroatoms. The maximum Gasteiger partial charge on any atom is 0.238 e. The van der Waals surface area contributed by atoms with Crippen molar-refractivity contribution in [2.45, 2.75) is 32.1 Å². The lowest BCUT2D eigenvalue weighted by atomic mass is 10.1. The van der Waals surface area contributed by atoms with E-state index in [1.165, 1.54) is 32.1 Å². The predicted octanol–water partition coefficient (Wildman–Crippen LogP) is 2.53. The SMILES string of the molecule is NC(=S)c1ccc(NC(=O)CN2CCCCCCC2)cc1. The minimum absolute atomic E-state index is 0.0404. The molecule has 0 aromatic heterocycles. The summed E-state index contributed by atoms with van der Waals surface area (Å²) in [5, 5.41) is 2.93. The van der Waals surface area contributed by atoms with Crippen LogP contribution in [0.4, 0.5) is 5.69 Å². The van der Waals surface area contributed by atoms with Crippen molar-refractivity contribution in [2.24, 2.45) is 5.73 Å². The number of hydrogen-bond donors (Lipinski definition) is 2. The van der Waals surface area contributed by atoms with Gasteiger partial charge in [-0.1, -0.05) is 31.5 Å². The van der Waals surface area contributed by atoms with Crippen molar-refractivity contribution >= 4 is 28.8 Å². The van der Waals surface area contributed by atoms with Gasteiger partial charge in [0, 0.05) is 11.3 Å². The van der Waals surface area contributed by atoms with Crippen molar-refractivity contribution in [1.82, 2.24) is 4.90 Å². The van der Waals surface area contributed by atoms with E-state index in [4.69, 9.17) is 18.0 Å². The molecule has 1 aromatic rings. The van der Waals surface area contributed by atoms with Crippen LogP contribution in [0.15, 0.2) is 24.3 Å². The molecule has 0 bridgehead atoms. The highest BCUT2D eigenvalue weighted by molar-refractivity contribution is 7.80. The van der Waals surface area contributed by atoms with E-state index in [2.05, 4.69) is 10.2 Å². The largest absolute Gasteiger partial charge is 0.389 e. The molecule has 1 saturated heterocycles. The van der Waals surface area contributed by atoms with Crippen LogP contribution in [0.25, 0.3) is 0 Å². The molecule has 3 N–H and O–H groups in total. The highest BCUT2D eigenvalue weighted by Gasteiger charge is 2.12. The third kappa shape index (κ3) is 5.44. The Labute approximate surface area is 131 Å². The summed E-state index contributed by atoms with van der Waals surface area (Å²) in [5.41, 5.74) is 7.15. The van der Waals surface area contributed by atoms with E-state index in [0.717, 1.165) is 24.3 Å². The molecule has 0 saturated carbocycles. The molecule has 1 aliphatic rings. The zero-order valence-electron chi connectivity index (χ0n) is 12.3. The summed E-state index contributed by atoms with van der Waals surface area (Å²) in [7, 11) is 0. The molecule has 0 unspecified atom stereocenters. The molecule has 1 fully saturated rings. The Morgan fingerprint density at radius 3 is 2.24 bits per heavy atom. The lowest BCUT2D eigenvalue weighted by Gasteiger charge is -2.23. The van der Waals surface area contributed by atoms with E-state index in [0.29, 0.717) is 11.5 Å². The Hall–Kier alpha value is -1.46. The highest BCUT2D eigenvalue weighted by atomic mass is 32.1. The van der Waals surface area contributed by atoms with Crippen LogP contribution in [0.5, 0.6) is 0 Å². The summed E-state index contributed by atoms with van der Waals surface area (Å²) in [4.78, 5) is 14.7. The van der Waals surface area contributed by atoms with Gasteiger partial charge in [0.15, 0.2) is 0 Å². The van der Waals surface area contributed by atoms with Crippen LogP contribution in [0.3, 0.4) is 0 Å². The van der Waals surface area contributed by atoms with Gasteiger partial charge in [0.2, 0.25) is 5.91 Å². The molecular formula is C16H23N3OS. The fraction of sp³-hybridized carbons (Fsp3) is 0.500. The topological polar surface area (TPSA) is 58.4 Å². The second-order valence-electron chi connectivity index (χ2n) is 5.53. The zero-order chi connectivity index (χ0) is 15.1. The summed E-state index contributed by atoms with van der Waals surface area (Å²) in [6, 6.07) is 7.32. The maximum absolute atomic E-state index is 12.1. The molecular weight excluding hydrogens is 282 g/mol. The molecule has 114 valence electrons. The minimum Gasteiger partial charge on any atom is -0.389 e. The van der Waals surface area contributed by atoms with Crippen molar-refractivity contribution in [3.05, 3.63) is 29.8 Å². The molecule has 0 spiro atoms. The van der Waals surface area contributed by atoms with Crippen LogP contribution in [0, 0.1) is 0 Å². The molecule has 21 heavy (non-hydrogen) atoms. The van der Waals surface area contributed by atoms with E-state index in [1.54, 1.807) is 0 Å². The van der Waals surface area contributed by atoms with Gasteiger partial charge in [0.25, 0.3) is 0 Å². The maximum atomic E-state index is 12.1. The van der Waals surface area contributed by atoms with E-state index in [1.807, 2.05) is 24.3 Å². The van der Waals surface area contributed by atoms with E-state index in [9.17, 15) is 4.79 Å². The van der Waals surface area contributed by atoms with Crippen LogP contribution in [-0.4, -0.2) is 35.4 Å². The minimum atomic E-state index is 0.0404. The van der Waals surface area contributed by atoms with Gasteiger partial charge in [0.1, 0.15) is 4.99 Å². The number of hydrogen-bond acceptors (Lipinski definition) is 3. The predicted molar refractivity (Wildman–Crippen MR) is 90.5 cm³/mol. The van der Waals surface area contributed by atoms with Gasteiger partial charge >= 0.3 is 0 Å². The summed E-state index contributed by atoms with van der Waals surface area (Å²) in [5.74, 6) is 0.0404. The number of anilines is 1. The van der Waals surface area contributed by atoms with Gasteiger partial charge in [-0.2, -0.15) is 0 Å². The van der Waals surface area contributed by atoms with Gasteiger partial charge in [0.05, 0.1) is 6.54 Å². The lowest BCUT2D eigenvalue weighted by molar-refractivity contribution is -0.117. The third-order valence-corrected chi connectivity index (χ3v) is 4.00. The Kier molecular flexibility index (Phi) is 6.14. The summed E-state index contributed by atoms with van der Waals surface area (Å²) in [6.07, 6.45) is 6.26. The first-order chi connectivity index (χ1) is 10.1. The molecule has 1 aromatic carbocycles. The quantitative estimate of drug-likeness (QED) is 0.839. The summed E-state index contributed by atoms with van der Waals surface area (Å²) >= 11 is 4.91. The fourth-order valence-corrected chi connectivity index (χ4v) is 2.73. The molecule has 0 radical (unpaired) electrons. The van der Waals surface area contributed by atoms with Crippen molar-refractivity contribution in [1.29, 1.82) is 0 Å². The Bertz CT molecular complexity index is 479. The van der Waals surface area contributed by atoms with E-state index < -0.39 is 0 Å². The number of rotatable bonds is 4. The average Bonchev–Trinajstić information content (AvgIpc) is 2.42. The summed E-state index contributed by atoms with van der Waals surface area (Å²) < 4.78 is 0. The third-order valence-electron chi connectivity index (χ3n) is 3.77. The van der Waals surface area contributed by atoms with E-state index in [-0.39, 0.29) is 5.91 Å². The Morgan fingerprint density at radius 2 is 1.67 bits per heavy atom. The first-order valence-electron chi connectivity index (χ1n) is 7.57. The van der Waals surface area contributed by atoms with Gasteiger partial charge in [-0.3, -0.25) is 9.69 Å².